The van der Waals surface area contributed by atoms with Crippen LogP contribution < -0.4 is 5.32 Å². The Hall–Kier alpha value is -2.03. The van der Waals surface area contributed by atoms with Crippen molar-refractivity contribution in [2.75, 3.05) is 5.32 Å². The van der Waals surface area contributed by atoms with Crippen LogP contribution in [0.2, 0.25) is 0 Å². The van der Waals surface area contributed by atoms with Gasteiger partial charge in [0, 0.05) is 30.2 Å². The van der Waals surface area contributed by atoms with Crippen molar-refractivity contribution in [1.29, 1.82) is 0 Å². The molecule has 18 heavy (non-hydrogen) atoms. The lowest BCUT2D eigenvalue weighted by atomic mass is 10.0. The average Bonchev–Trinajstić information content (AvgIpc) is 2.85. The summed E-state index contributed by atoms with van der Waals surface area (Å²) in [4.78, 5) is 0. The Morgan fingerprint density at radius 2 is 2.06 bits per heavy atom. The Balaban J connectivity index is 1.95. The van der Waals surface area contributed by atoms with E-state index in [-0.39, 0.29) is 0 Å². The predicted octanol–water partition coefficient (Wildman–Crippen LogP) is 3.72. The molecule has 1 aromatic carbocycles. The second-order valence-electron chi connectivity index (χ2n) is 4.64. The quantitative estimate of drug-likeness (QED) is 0.864. The first-order chi connectivity index (χ1) is 8.69. The third-order valence-corrected chi connectivity index (χ3v) is 2.92. The molecule has 0 aliphatic carbocycles. The van der Waals surface area contributed by atoms with Crippen molar-refractivity contribution < 1.29 is 0 Å². The Labute approximate surface area is 108 Å². The molecule has 2 aromatic rings. The molecule has 0 atom stereocenters. The average molecular weight is 241 g/mol. The molecule has 0 aliphatic heterocycles. The van der Waals surface area contributed by atoms with Crippen LogP contribution in [-0.4, -0.2) is 9.78 Å². The Bertz CT molecular complexity index is 509. The fourth-order valence-corrected chi connectivity index (χ4v) is 1.76. The lowest BCUT2D eigenvalue weighted by Gasteiger charge is -2.08. The van der Waals surface area contributed by atoms with Crippen molar-refractivity contribution in [3.63, 3.8) is 0 Å². The second-order valence-corrected chi connectivity index (χ2v) is 4.64. The molecule has 0 aliphatic rings. The van der Waals surface area contributed by atoms with Crippen molar-refractivity contribution in [1.82, 2.24) is 9.78 Å². The molecule has 0 unspecified atom stereocenters. The lowest BCUT2D eigenvalue weighted by Crippen LogP contribution is -1.98. The van der Waals surface area contributed by atoms with Gasteiger partial charge in [-0.1, -0.05) is 32.6 Å². The van der Waals surface area contributed by atoms with E-state index in [0.29, 0.717) is 5.92 Å². The summed E-state index contributed by atoms with van der Waals surface area (Å²) in [6, 6.07) is 8.57. The van der Waals surface area contributed by atoms with Crippen LogP contribution in [0.4, 0.5) is 5.69 Å². The summed E-state index contributed by atoms with van der Waals surface area (Å²) in [6.07, 6.45) is 5.49. The molecule has 0 amide bonds. The number of hydrogen-bond acceptors (Lipinski definition) is 2. The first kappa shape index (κ1) is 12.4. The molecule has 0 radical (unpaired) electrons. The minimum Gasteiger partial charge on any atom is -0.381 e. The highest BCUT2D eigenvalue weighted by atomic mass is 15.2. The summed E-state index contributed by atoms with van der Waals surface area (Å²) in [7, 11) is 0. The summed E-state index contributed by atoms with van der Waals surface area (Å²) in [6.45, 7) is 8.84. The molecule has 0 saturated carbocycles. The molecule has 2 rings (SSSR count). The van der Waals surface area contributed by atoms with Crippen LogP contribution in [0.25, 0.3) is 6.20 Å². The summed E-state index contributed by atoms with van der Waals surface area (Å²) in [5, 5.41) is 7.52. The van der Waals surface area contributed by atoms with E-state index in [2.05, 4.69) is 55.1 Å². The zero-order valence-corrected chi connectivity index (χ0v) is 10.9. The van der Waals surface area contributed by atoms with Crippen LogP contribution >= 0.6 is 0 Å². The Morgan fingerprint density at radius 3 is 2.61 bits per heavy atom. The fourth-order valence-electron chi connectivity index (χ4n) is 1.76. The fraction of sp³-hybridized carbons (Fsp3) is 0.267. The third-order valence-electron chi connectivity index (χ3n) is 2.92. The van der Waals surface area contributed by atoms with Crippen molar-refractivity contribution in [2.45, 2.75) is 26.3 Å². The standard InChI is InChI=1S/C15H19N3/c1-4-18-11-13(10-17-18)9-16-15-7-5-14(6-8-15)12(2)3/h4-8,10-12,16H,1,9H2,2-3H3. The first-order valence-corrected chi connectivity index (χ1v) is 6.18. The normalized spacial score (nSPS) is 10.6. The maximum atomic E-state index is 4.14. The van der Waals surface area contributed by atoms with E-state index in [9.17, 15) is 0 Å². The molecular weight excluding hydrogens is 222 g/mol. The van der Waals surface area contributed by atoms with Crippen LogP contribution in [0.15, 0.2) is 43.2 Å². The smallest absolute Gasteiger partial charge is 0.0543 e. The third kappa shape index (κ3) is 3.00. The topological polar surface area (TPSA) is 29.9 Å². The van der Waals surface area contributed by atoms with E-state index in [1.165, 1.54) is 5.56 Å². The van der Waals surface area contributed by atoms with Crippen molar-refractivity contribution in [3.8, 4) is 0 Å². The summed E-state index contributed by atoms with van der Waals surface area (Å²) in [5.74, 6) is 0.574. The van der Waals surface area contributed by atoms with E-state index >= 15 is 0 Å². The number of aromatic nitrogens is 2. The highest BCUT2D eigenvalue weighted by Gasteiger charge is 2.00. The molecule has 1 N–H and O–H groups in total. The van der Waals surface area contributed by atoms with Crippen molar-refractivity contribution in [2.24, 2.45) is 0 Å². The van der Waals surface area contributed by atoms with Crippen LogP contribution in [0.5, 0.6) is 0 Å². The number of benzene rings is 1. The Morgan fingerprint density at radius 1 is 1.33 bits per heavy atom. The molecule has 0 fully saturated rings. The van der Waals surface area contributed by atoms with Gasteiger partial charge in [0.25, 0.3) is 0 Å². The molecule has 1 heterocycles. The Kier molecular flexibility index (Phi) is 3.82. The summed E-state index contributed by atoms with van der Waals surface area (Å²) >= 11 is 0. The largest absolute Gasteiger partial charge is 0.381 e. The number of anilines is 1. The van der Waals surface area contributed by atoms with Gasteiger partial charge < -0.3 is 5.32 Å². The van der Waals surface area contributed by atoms with Crippen molar-refractivity contribution in [3.05, 3.63) is 54.4 Å². The van der Waals surface area contributed by atoms with Crippen LogP contribution in [0.1, 0.15) is 30.9 Å². The molecule has 0 bridgehead atoms. The summed E-state index contributed by atoms with van der Waals surface area (Å²) < 4.78 is 1.71. The van der Waals surface area contributed by atoms with Gasteiger partial charge in [-0.2, -0.15) is 5.10 Å². The molecule has 94 valence electrons. The SMILES string of the molecule is C=Cn1cc(CNc2ccc(C(C)C)cc2)cn1. The predicted molar refractivity (Wildman–Crippen MR) is 76.5 cm³/mol. The van der Waals surface area contributed by atoms with Gasteiger partial charge in [-0.05, 0) is 23.6 Å². The second kappa shape index (κ2) is 5.54. The molecule has 0 saturated heterocycles. The minimum atomic E-state index is 0.574. The van der Waals surface area contributed by atoms with Crippen LogP contribution in [0, 0.1) is 0 Å². The lowest BCUT2D eigenvalue weighted by molar-refractivity contribution is 0.867. The van der Waals surface area contributed by atoms with E-state index in [1.807, 2.05) is 12.4 Å². The van der Waals surface area contributed by atoms with Gasteiger partial charge in [0.15, 0.2) is 0 Å². The monoisotopic (exact) mass is 241 g/mol. The zero-order chi connectivity index (χ0) is 13.0. The van der Waals surface area contributed by atoms with E-state index in [4.69, 9.17) is 0 Å². The van der Waals surface area contributed by atoms with Gasteiger partial charge in [-0.25, -0.2) is 4.68 Å². The molecule has 0 spiro atoms. The number of nitrogens with zero attached hydrogens (tertiary/aromatic N) is 2. The number of hydrogen-bond donors (Lipinski definition) is 1. The van der Waals surface area contributed by atoms with Crippen molar-refractivity contribution >= 4 is 11.9 Å². The highest BCUT2D eigenvalue weighted by Crippen LogP contribution is 2.17. The molecule has 3 heteroatoms. The van der Waals surface area contributed by atoms with Crippen LogP contribution in [0.3, 0.4) is 0 Å². The number of rotatable bonds is 5. The minimum absolute atomic E-state index is 0.574. The molecular formula is C15H19N3. The van der Waals surface area contributed by atoms with Gasteiger partial charge in [-0.15, -0.1) is 0 Å². The zero-order valence-electron chi connectivity index (χ0n) is 10.9. The first-order valence-electron chi connectivity index (χ1n) is 6.18. The van der Waals surface area contributed by atoms with E-state index < -0.39 is 0 Å². The van der Waals surface area contributed by atoms with Gasteiger partial charge in [0.2, 0.25) is 0 Å². The number of nitrogens with one attached hydrogen (secondary N) is 1. The molecule has 3 nitrogen and oxygen atoms in total. The van der Waals surface area contributed by atoms with Gasteiger partial charge in [0.1, 0.15) is 0 Å². The van der Waals surface area contributed by atoms with Gasteiger partial charge in [-0.3, -0.25) is 0 Å². The summed E-state index contributed by atoms with van der Waals surface area (Å²) in [5.41, 5.74) is 3.63. The van der Waals surface area contributed by atoms with E-state index in [1.54, 1.807) is 10.9 Å². The maximum Gasteiger partial charge on any atom is 0.0543 e. The highest BCUT2D eigenvalue weighted by molar-refractivity contribution is 5.45. The van der Waals surface area contributed by atoms with Gasteiger partial charge in [0.05, 0.1) is 6.20 Å². The maximum absolute atomic E-state index is 4.14. The van der Waals surface area contributed by atoms with Crippen LogP contribution in [-0.2, 0) is 6.54 Å². The van der Waals surface area contributed by atoms with Gasteiger partial charge >= 0.3 is 0 Å². The van der Waals surface area contributed by atoms with E-state index in [0.717, 1.165) is 17.8 Å². The molecule has 1 aromatic heterocycles.